The van der Waals surface area contributed by atoms with Gasteiger partial charge in [0.05, 0.1) is 18.5 Å². The summed E-state index contributed by atoms with van der Waals surface area (Å²) >= 11 is 1.35. The van der Waals surface area contributed by atoms with Crippen molar-refractivity contribution in [3.8, 4) is 0 Å². The monoisotopic (exact) mass is 361 g/mol. The van der Waals surface area contributed by atoms with Crippen LogP contribution in [-0.2, 0) is 16.0 Å². The van der Waals surface area contributed by atoms with E-state index in [1.54, 1.807) is 0 Å². The fourth-order valence-electron chi connectivity index (χ4n) is 2.52. The van der Waals surface area contributed by atoms with Crippen LogP contribution in [-0.4, -0.2) is 52.6 Å². The summed E-state index contributed by atoms with van der Waals surface area (Å²) < 4.78 is 5.37. The molecular formula is C17H23N5O2S. The fraction of sp³-hybridized carbons (Fsp3) is 0.471. The van der Waals surface area contributed by atoms with Crippen molar-refractivity contribution in [3.05, 3.63) is 30.1 Å². The van der Waals surface area contributed by atoms with Gasteiger partial charge in [0.2, 0.25) is 11.1 Å². The zero-order chi connectivity index (χ0) is 17.6. The van der Waals surface area contributed by atoms with Gasteiger partial charge in [0.15, 0.2) is 0 Å². The maximum absolute atomic E-state index is 12.4. The van der Waals surface area contributed by atoms with E-state index in [9.17, 15) is 4.79 Å². The molecule has 2 aromatic rings. The Hall–Kier alpha value is -2.06. The lowest BCUT2D eigenvalue weighted by Gasteiger charge is -2.28. The van der Waals surface area contributed by atoms with E-state index < -0.39 is 0 Å². The molecule has 0 aliphatic carbocycles. The van der Waals surface area contributed by atoms with Gasteiger partial charge >= 0.3 is 0 Å². The zero-order valence-corrected chi connectivity index (χ0v) is 15.3. The number of nitrogens with one attached hydrogen (secondary N) is 2. The number of anilines is 2. The molecule has 1 saturated heterocycles. The van der Waals surface area contributed by atoms with Crippen LogP contribution in [0.4, 0.5) is 11.4 Å². The predicted molar refractivity (Wildman–Crippen MR) is 99.2 cm³/mol. The van der Waals surface area contributed by atoms with E-state index in [0.717, 1.165) is 49.9 Å². The van der Waals surface area contributed by atoms with Crippen molar-refractivity contribution in [1.82, 2.24) is 15.2 Å². The van der Waals surface area contributed by atoms with Crippen molar-refractivity contribution in [1.29, 1.82) is 0 Å². The Bertz CT molecular complexity index is 697. The Kier molecular flexibility index (Phi) is 5.93. The number of hydrogen-bond donors (Lipinski definition) is 2. The summed E-state index contributed by atoms with van der Waals surface area (Å²) in [7, 11) is 0. The van der Waals surface area contributed by atoms with Crippen LogP contribution in [0, 0.1) is 0 Å². The van der Waals surface area contributed by atoms with Crippen LogP contribution in [0.3, 0.4) is 0 Å². The van der Waals surface area contributed by atoms with E-state index in [0.29, 0.717) is 5.16 Å². The number of rotatable bonds is 6. The highest BCUT2D eigenvalue weighted by Gasteiger charge is 2.17. The first-order chi connectivity index (χ1) is 12.2. The van der Waals surface area contributed by atoms with Crippen molar-refractivity contribution in [3.63, 3.8) is 0 Å². The van der Waals surface area contributed by atoms with Gasteiger partial charge in [0.1, 0.15) is 5.82 Å². The molecule has 0 bridgehead atoms. The van der Waals surface area contributed by atoms with Crippen molar-refractivity contribution in [2.75, 3.05) is 36.5 Å². The molecule has 1 aromatic carbocycles. The average molecular weight is 361 g/mol. The third-order valence-corrected chi connectivity index (χ3v) is 4.97. The molecule has 7 nitrogen and oxygen atoms in total. The van der Waals surface area contributed by atoms with Gasteiger partial charge in [-0.05, 0) is 31.2 Å². The molecule has 8 heteroatoms. The Morgan fingerprint density at radius 3 is 2.72 bits per heavy atom. The number of benzene rings is 1. The smallest absolute Gasteiger partial charge is 0.237 e. The number of thioether (sulfide) groups is 1. The minimum atomic E-state index is -0.278. The number of aryl methyl sites for hydroxylation is 1. The highest BCUT2D eigenvalue weighted by atomic mass is 32.2. The van der Waals surface area contributed by atoms with E-state index in [-0.39, 0.29) is 11.2 Å². The lowest BCUT2D eigenvalue weighted by atomic mass is 10.2. The maximum Gasteiger partial charge on any atom is 0.237 e. The number of ether oxygens (including phenoxy) is 1. The quantitative estimate of drug-likeness (QED) is 0.769. The number of amides is 1. The first-order valence-corrected chi connectivity index (χ1v) is 9.35. The second-order valence-corrected chi connectivity index (χ2v) is 7.12. The van der Waals surface area contributed by atoms with Gasteiger partial charge in [-0.15, -0.1) is 5.10 Å². The molecule has 0 spiro atoms. The number of nitrogens with zero attached hydrogens (tertiary/aromatic N) is 3. The number of aromatic amines is 1. The molecule has 1 amide bonds. The van der Waals surface area contributed by atoms with E-state index >= 15 is 0 Å². The topological polar surface area (TPSA) is 83.1 Å². The molecular weight excluding hydrogens is 338 g/mol. The van der Waals surface area contributed by atoms with Gasteiger partial charge in [-0.2, -0.15) is 0 Å². The number of hydrogen-bond acceptors (Lipinski definition) is 6. The summed E-state index contributed by atoms with van der Waals surface area (Å²) in [5.41, 5.74) is 1.94. The van der Waals surface area contributed by atoms with Crippen LogP contribution < -0.4 is 10.2 Å². The van der Waals surface area contributed by atoms with Gasteiger partial charge in [0.25, 0.3) is 0 Å². The van der Waals surface area contributed by atoms with Crippen molar-refractivity contribution in [2.24, 2.45) is 0 Å². The molecule has 1 fully saturated rings. The molecule has 0 saturated carbocycles. The minimum Gasteiger partial charge on any atom is -0.378 e. The molecule has 1 atom stereocenters. The van der Waals surface area contributed by atoms with Crippen molar-refractivity contribution in [2.45, 2.75) is 30.7 Å². The van der Waals surface area contributed by atoms with Crippen LogP contribution in [0.15, 0.2) is 29.4 Å². The van der Waals surface area contributed by atoms with Crippen LogP contribution >= 0.6 is 11.8 Å². The summed E-state index contributed by atoms with van der Waals surface area (Å²) in [6.07, 6.45) is 0.795. The summed E-state index contributed by atoms with van der Waals surface area (Å²) in [5.74, 6) is 0.765. The molecule has 1 aromatic heterocycles. The van der Waals surface area contributed by atoms with Crippen LogP contribution in [0.25, 0.3) is 0 Å². The predicted octanol–water partition coefficient (Wildman–Crippen LogP) is 2.32. The maximum atomic E-state index is 12.4. The van der Waals surface area contributed by atoms with Crippen LogP contribution in [0.5, 0.6) is 0 Å². The molecule has 1 unspecified atom stereocenters. The molecule has 3 rings (SSSR count). The van der Waals surface area contributed by atoms with Gasteiger partial charge < -0.3 is 15.0 Å². The molecule has 2 N–H and O–H groups in total. The highest BCUT2D eigenvalue weighted by molar-refractivity contribution is 8.00. The van der Waals surface area contributed by atoms with Crippen molar-refractivity contribution < 1.29 is 9.53 Å². The van der Waals surface area contributed by atoms with Crippen molar-refractivity contribution >= 4 is 29.0 Å². The average Bonchev–Trinajstić information content (AvgIpc) is 3.10. The summed E-state index contributed by atoms with van der Waals surface area (Å²) in [6.45, 7) is 7.17. The third kappa shape index (κ3) is 4.73. The van der Waals surface area contributed by atoms with Gasteiger partial charge in [0, 0.05) is 30.9 Å². The van der Waals surface area contributed by atoms with Gasteiger partial charge in [-0.1, -0.05) is 18.7 Å². The molecule has 25 heavy (non-hydrogen) atoms. The van der Waals surface area contributed by atoms with E-state index in [1.165, 1.54) is 11.8 Å². The standard InChI is InChI=1S/C17H23N5O2S/c1-3-15-19-17(21-20-15)25-12(2)16(23)18-13-4-6-14(7-5-13)22-8-10-24-11-9-22/h4-7,12H,3,8-11H2,1-2H3,(H,18,23)(H,19,20,21). The van der Waals surface area contributed by atoms with E-state index in [2.05, 4.69) is 25.4 Å². The van der Waals surface area contributed by atoms with E-state index in [4.69, 9.17) is 4.74 Å². The molecule has 1 aliphatic rings. The minimum absolute atomic E-state index is 0.0630. The molecule has 1 aliphatic heterocycles. The molecule has 0 radical (unpaired) electrons. The summed E-state index contributed by atoms with van der Waals surface area (Å²) in [6, 6.07) is 7.92. The number of morpholine rings is 1. The van der Waals surface area contributed by atoms with E-state index in [1.807, 2.05) is 38.1 Å². The number of carbonyl (C=O) groups excluding carboxylic acids is 1. The Balaban J connectivity index is 1.54. The molecule has 2 heterocycles. The zero-order valence-electron chi connectivity index (χ0n) is 14.5. The SMILES string of the molecule is CCc1nc(SC(C)C(=O)Nc2ccc(N3CCOCC3)cc2)n[nH]1. The Morgan fingerprint density at radius 1 is 1.36 bits per heavy atom. The van der Waals surface area contributed by atoms with Crippen LogP contribution in [0.2, 0.25) is 0 Å². The number of aromatic nitrogens is 3. The lowest BCUT2D eigenvalue weighted by molar-refractivity contribution is -0.115. The number of carbonyl (C=O) groups is 1. The van der Waals surface area contributed by atoms with Gasteiger partial charge in [-0.3, -0.25) is 9.89 Å². The second kappa shape index (κ2) is 8.35. The second-order valence-electron chi connectivity index (χ2n) is 5.81. The van der Waals surface area contributed by atoms with Gasteiger partial charge in [-0.25, -0.2) is 4.98 Å². The summed E-state index contributed by atoms with van der Waals surface area (Å²) in [4.78, 5) is 19.0. The highest BCUT2D eigenvalue weighted by Crippen LogP contribution is 2.22. The first-order valence-electron chi connectivity index (χ1n) is 8.47. The Labute approximate surface area is 151 Å². The first kappa shape index (κ1) is 17.8. The number of H-pyrrole nitrogens is 1. The fourth-order valence-corrected chi connectivity index (χ4v) is 3.26. The van der Waals surface area contributed by atoms with Crippen LogP contribution in [0.1, 0.15) is 19.7 Å². The Morgan fingerprint density at radius 2 is 2.08 bits per heavy atom. The lowest BCUT2D eigenvalue weighted by Crippen LogP contribution is -2.36. The largest absolute Gasteiger partial charge is 0.378 e. The normalized spacial score (nSPS) is 15.8. The summed E-state index contributed by atoms with van der Waals surface area (Å²) in [5, 5.41) is 10.2. The molecule has 134 valence electrons. The third-order valence-electron chi connectivity index (χ3n) is 4.01.